The largest absolute Gasteiger partial charge is 0.378 e. The van der Waals surface area contributed by atoms with E-state index < -0.39 is 0 Å². The lowest BCUT2D eigenvalue weighted by molar-refractivity contribution is 0.0136. The van der Waals surface area contributed by atoms with Crippen molar-refractivity contribution in [2.45, 2.75) is 51.7 Å². The van der Waals surface area contributed by atoms with Gasteiger partial charge in [0.25, 0.3) is 5.91 Å². The van der Waals surface area contributed by atoms with Crippen LogP contribution < -0.4 is 16.6 Å². The first-order valence-corrected chi connectivity index (χ1v) is 7.40. The Labute approximate surface area is 125 Å². The second-order valence-electron chi connectivity index (χ2n) is 5.84. The third kappa shape index (κ3) is 4.15. The summed E-state index contributed by atoms with van der Waals surface area (Å²) in [6.07, 6.45) is 1.88. The number of amides is 1. The van der Waals surface area contributed by atoms with Crippen molar-refractivity contribution in [2.75, 3.05) is 12.0 Å². The summed E-state index contributed by atoms with van der Waals surface area (Å²) < 4.78 is 5.49. The van der Waals surface area contributed by atoms with E-state index in [9.17, 15) is 4.79 Å². The minimum Gasteiger partial charge on any atom is -0.378 e. The third-order valence-electron chi connectivity index (χ3n) is 3.67. The van der Waals surface area contributed by atoms with Crippen LogP contribution in [0.3, 0.4) is 0 Å². The Hall–Kier alpha value is -1.66. The average Bonchev–Trinajstić information content (AvgIpc) is 2.46. The fraction of sp³-hybridized carbons (Fsp3) is 0.600. The van der Waals surface area contributed by atoms with E-state index in [0.29, 0.717) is 18.0 Å². The number of ether oxygens (including phenoxy) is 1. The highest BCUT2D eigenvalue weighted by Gasteiger charge is 2.22. The molecule has 1 aromatic rings. The van der Waals surface area contributed by atoms with Gasteiger partial charge < -0.3 is 15.5 Å². The van der Waals surface area contributed by atoms with E-state index in [4.69, 9.17) is 10.6 Å². The minimum atomic E-state index is -0.0881. The van der Waals surface area contributed by atoms with E-state index in [1.54, 1.807) is 6.07 Å². The lowest BCUT2D eigenvalue weighted by Gasteiger charge is -2.28. The fourth-order valence-electron chi connectivity index (χ4n) is 2.45. The maximum atomic E-state index is 12.4. The van der Waals surface area contributed by atoms with Crippen molar-refractivity contribution in [3.63, 3.8) is 0 Å². The Kier molecular flexibility index (Phi) is 5.14. The molecule has 2 unspecified atom stereocenters. The molecule has 21 heavy (non-hydrogen) atoms. The second-order valence-corrected chi connectivity index (χ2v) is 5.84. The van der Waals surface area contributed by atoms with Crippen LogP contribution in [0.1, 0.15) is 55.6 Å². The van der Waals surface area contributed by atoms with Gasteiger partial charge in [-0.2, -0.15) is 0 Å². The van der Waals surface area contributed by atoms with Crippen LogP contribution >= 0.6 is 0 Å². The smallest absolute Gasteiger partial charge is 0.251 e. The molecule has 6 heteroatoms. The number of nitrogen functional groups attached to an aromatic ring is 1. The summed E-state index contributed by atoms with van der Waals surface area (Å²) in [7, 11) is 0. The van der Waals surface area contributed by atoms with Crippen LogP contribution in [-0.4, -0.2) is 29.6 Å². The molecule has 0 bridgehead atoms. The normalized spacial score (nSPS) is 22.1. The predicted molar refractivity (Wildman–Crippen MR) is 82.0 cm³/mol. The highest BCUT2D eigenvalue weighted by atomic mass is 16.5. The third-order valence-corrected chi connectivity index (χ3v) is 3.67. The molecule has 2 heterocycles. The van der Waals surface area contributed by atoms with Crippen LogP contribution in [0.25, 0.3) is 0 Å². The molecule has 2 atom stereocenters. The van der Waals surface area contributed by atoms with Gasteiger partial charge in [0.1, 0.15) is 5.82 Å². The van der Waals surface area contributed by atoms with Gasteiger partial charge in [-0.05, 0) is 37.8 Å². The molecule has 4 N–H and O–H groups in total. The van der Waals surface area contributed by atoms with Crippen LogP contribution in [0.5, 0.6) is 0 Å². The van der Waals surface area contributed by atoms with Crippen LogP contribution in [0.2, 0.25) is 0 Å². The van der Waals surface area contributed by atoms with Crippen molar-refractivity contribution in [1.82, 2.24) is 10.3 Å². The molecule has 116 valence electrons. The molecule has 0 radical (unpaired) electrons. The summed E-state index contributed by atoms with van der Waals surface area (Å²) in [6, 6.07) is 3.65. The number of hydrogen-bond acceptors (Lipinski definition) is 5. The summed E-state index contributed by atoms with van der Waals surface area (Å²) in [5.41, 5.74) is 3.94. The average molecular weight is 292 g/mol. The van der Waals surface area contributed by atoms with E-state index in [-0.39, 0.29) is 24.0 Å². The van der Waals surface area contributed by atoms with Crippen LogP contribution in [0.15, 0.2) is 12.1 Å². The van der Waals surface area contributed by atoms with Gasteiger partial charge in [-0.1, -0.05) is 13.8 Å². The number of hydrazine groups is 1. The molecule has 1 aliphatic heterocycles. The Morgan fingerprint density at radius 1 is 1.48 bits per heavy atom. The molecular formula is C15H24N4O2. The zero-order valence-electron chi connectivity index (χ0n) is 12.8. The lowest BCUT2D eigenvalue weighted by Crippen LogP contribution is -2.41. The first kappa shape index (κ1) is 15.7. The standard InChI is InChI=1S/C15H24N4O2/c1-9(2)13-7-11(8-14(18-13)19-16)15(20)17-12-4-5-21-10(3)6-12/h7-10,12H,4-6,16H2,1-3H3,(H,17,20)(H,18,19). The number of aromatic nitrogens is 1. The number of nitrogens with two attached hydrogens (primary N) is 1. The number of nitrogens with one attached hydrogen (secondary N) is 2. The summed E-state index contributed by atoms with van der Waals surface area (Å²) >= 11 is 0. The van der Waals surface area contributed by atoms with Crippen molar-refractivity contribution < 1.29 is 9.53 Å². The highest BCUT2D eigenvalue weighted by Crippen LogP contribution is 2.18. The summed E-state index contributed by atoms with van der Waals surface area (Å²) in [5.74, 6) is 6.08. The zero-order valence-corrected chi connectivity index (χ0v) is 12.8. The van der Waals surface area contributed by atoms with E-state index in [1.165, 1.54) is 0 Å². The number of rotatable bonds is 4. The SMILES string of the molecule is CC1CC(NC(=O)c2cc(NN)nc(C(C)C)c2)CCO1. The summed E-state index contributed by atoms with van der Waals surface area (Å²) in [5, 5.41) is 3.07. The predicted octanol–water partition coefficient (Wildman–Crippen LogP) is 1.79. The fourth-order valence-corrected chi connectivity index (χ4v) is 2.45. The Morgan fingerprint density at radius 2 is 2.24 bits per heavy atom. The molecule has 1 aliphatic rings. The first-order valence-electron chi connectivity index (χ1n) is 7.40. The lowest BCUT2D eigenvalue weighted by atomic mass is 10.0. The van der Waals surface area contributed by atoms with E-state index in [0.717, 1.165) is 18.5 Å². The number of pyridine rings is 1. The Bertz CT molecular complexity index is 504. The molecule has 1 amide bonds. The van der Waals surface area contributed by atoms with E-state index in [1.807, 2.05) is 26.8 Å². The van der Waals surface area contributed by atoms with Crippen LogP contribution in [0, 0.1) is 0 Å². The topological polar surface area (TPSA) is 89.3 Å². The number of carbonyl (C=O) groups is 1. The summed E-state index contributed by atoms with van der Waals surface area (Å²) in [6.45, 7) is 6.78. The van der Waals surface area contributed by atoms with Crippen molar-refractivity contribution in [3.8, 4) is 0 Å². The molecule has 1 aromatic heterocycles. The van der Waals surface area contributed by atoms with Gasteiger partial charge >= 0.3 is 0 Å². The minimum absolute atomic E-state index is 0.0881. The molecule has 2 rings (SSSR count). The van der Waals surface area contributed by atoms with Crippen LogP contribution in [-0.2, 0) is 4.74 Å². The van der Waals surface area contributed by atoms with Gasteiger partial charge in [0.05, 0.1) is 6.10 Å². The molecule has 6 nitrogen and oxygen atoms in total. The van der Waals surface area contributed by atoms with Crippen molar-refractivity contribution in [1.29, 1.82) is 0 Å². The van der Waals surface area contributed by atoms with E-state index >= 15 is 0 Å². The molecule has 0 spiro atoms. The quantitative estimate of drug-likeness (QED) is 0.581. The first-order chi connectivity index (χ1) is 9.99. The van der Waals surface area contributed by atoms with Crippen LogP contribution in [0.4, 0.5) is 5.82 Å². The monoisotopic (exact) mass is 292 g/mol. The maximum absolute atomic E-state index is 12.4. The molecule has 1 fully saturated rings. The van der Waals surface area contributed by atoms with E-state index in [2.05, 4.69) is 15.7 Å². The van der Waals surface area contributed by atoms with Gasteiger partial charge in [0, 0.05) is 23.9 Å². The van der Waals surface area contributed by atoms with Gasteiger partial charge in [0.15, 0.2) is 0 Å². The van der Waals surface area contributed by atoms with Gasteiger partial charge in [0.2, 0.25) is 0 Å². The number of anilines is 1. The Morgan fingerprint density at radius 3 is 2.86 bits per heavy atom. The number of carbonyl (C=O) groups excluding carboxylic acids is 1. The van der Waals surface area contributed by atoms with Gasteiger partial charge in [-0.25, -0.2) is 10.8 Å². The highest BCUT2D eigenvalue weighted by molar-refractivity contribution is 5.95. The van der Waals surface area contributed by atoms with Crippen molar-refractivity contribution in [3.05, 3.63) is 23.4 Å². The molecule has 1 saturated heterocycles. The summed E-state index contributed by atoms with van der Waals surface area (Å²) in [4.78, 5) is 16.8. The molecule has 0 saturated carbocycles. The molecule has 0 aliphatic carbocycles. The van der Waals surface area contributed by atoms with Gasteiger partial charge in [-0.15, -0.1) is 0 Å². The molecule has 0 aromatic carbocycles. The van der Waals surface area contributed by atoms with Crippen molar-refractivity contribution >= 4 is 11.7 Å². The number of nitrogens with zero attached hydrogens (tertiary/aromatic N) is 1. The van der Waals surface area contributed by atoms with Gasteiger partial charge in [-0.3, -0.25) is 4.79 Å². The number of hydrogen-bond donors (Lipinski definition) is 3. The second kappa shape index (κ2) is 6.87. The van der Waals surface area contributed by atoms with Crippen molar-refractivity contribution in [2.24, 2.45) is 5.84 Å². The molecular weight excluding hydrogens is 268 g/mol. The zero-order chi connectivity index (χ0) is 15.4. The Balaban J connectivity index is 2.12. The maximum Gasteiger partial charge on any atom is 0.251 e.